The fourth-order valence-corrected chi connectivity index (χ4v) is 0.553. The quantitative estimate of drug-likeness (QED) is 0.490. The molecule has 0 aromatic heterocycles. The molecule has 0 amide bonds. The number of carbonyl (C=O) groups is 1. The maximum absolute atomic E-state index is 10.1. The number of rotatable bonds is 4. The molecule has 0 heterocycles. The normalized spacial score (nSPS) is 11.2. The number of allylic oxidation sites excluding steroid dienone is 1. The smallest absolute Gasteiger partial charge is 0.307 e. The number of hydrogen-bond donors (Lipinski definition) is 1. The topological polar surface area (TPSA) is 80.4 Å². The van der Waals surface area contributed by atoms with Gasteiger partial charge < -0.3 is 5.11 Å². The summed E-state index contributed by atoms with van der Waals surface area (Å²) in [6, 6.07) is 0. The van der Waals surface area contributed by atoms with Crippen molar-refractivity contribution in [2.24, 2.45) is 0 Å². The summed E-state index contributed by atoms with van der Waals surface area (Å²) >= 11 is 0. The molecule has 0 aliphatic rings. The largest absolute Gasteiger partial charge is 0.481 e. The third kappa shape index (κ3) is 4.07. The molecule has 0 saturated heterocycles. The lowest BCUT2D eigenvalue weighted by molar-refractivity contribution is -0.427. The minimum absolute atomic E-state index is 0.0487. The Morgan fingerprint density at radius 2 is 2.27 bits per heavy atom. The molecular weight excluding hydrogens is 150 g/mol. The second-order valence-electron chi connectivity index (χ2n) is 1.90. The summed E-state index contributed by atoms with van der Waals surface area (Å²) in [4.78, 5) is 19.5. The van der Waals surface area contributed by atoms with Crippen LogP contribution in [0.2, 0.25) is 0 Å². The Bertz CT molecular complexity index is 197. The van der Waals surface area contributed by atoms with Crippen LogP contribution in [0.3, 0.4) is 0 Å². The van der Waals surface area contributed by atoms with E-state index < -0.39 is 10.9 Å². The van der Waals surface area contributed by atoms with E-state index in [0.29, 0.717) is 0 Å². The molecule has 0 aromatic rings. The van der Waals surface area contributed by atoms with Crippen molar-refractivity contribution in [3.63, 3.8) is 0 Å². The minimum atomic E-state index is -1.06. The molecule has 0 unspecified atom stereocenters. The van der Waals surface area contributed by atoms with Crippen molar-refractivity contribution in [3.8, 4) is 0 Å². The third-order valence-corrected chi connectivity index (χ3v) is 1.11. The summed E-state index contributed by atoms with van der Waals surface area (Å²) in [5, 5.41) is 18.3. The van der Waals surface area contributed by atoms with E-state index in [0.717, 1.165) is 6.08 Å². The van der Waals surface area contributed by atoms with Crippen LogP contribution in [0.15, 0.2) is 11.8 Å². The van der Waals surface area contributed by atoms with Crippen LogP contribution in [0.25, 0.3) is 0 Å². The Morgan fingerprint density at radius 3 is 2.55 bits per heavy atom. The standard InChI is InChI=1S/C6H9NO4/c1-2-5(7(10)11)3-4-6(8)9/h3H,2,4H2,1H3,(H,8,9)/b5-3-. The molecule has 0 radical (unpaired) electrons. The fourth-order valence-electron chi connectivity index (χ4n) is 0.553. The molecule has 0 aromatic carbocycles. The molecule has 0 rings (SSSR count). The van der Waals surface area contributed by atoms with Crippen molar-refractivity contribution in [3.05, 3.63) is 21.9 Å². The average Bonchev–Trinajstić information content (AvgIpc) is 1.87. The summed E-state index contributed by atoms with van der Waals surface area (Å²) in [6.07, 6.45) is 1.08. The maximum atomic E-state index is 10.1. The van der Waals surface area contributed by atoms with E-state index in [-0.39, 0.29) is 18.5 Å². The van der Waals surface area contributed by atoms with Gasteiger partial charge >= 0.3 is 5.97 Å². The van der Waals surface area contributed by atoms with Crippen LogP contribution in [-0.2, 0) is 4.79 Å². The SMILES string of the molecule is CC/C(=C/CC(=O)O)[N+](=O)[O-]. The van der Waals surface area contributed by atoms with E-state index in [2.05, 4.69) is 0 Å². The lowest BCUT2D eigenvalue weighted by Gasteiger charge is -1.90. The van der Waals surface area contributed by atoms with E-state index in [4.69, 9.17) is 5.11 Å². The van der Waals surface area contributed by atoms with Gasteiger partial charge in [-0.1, -0.05) is 6.92 Å². The minimum Gasteiger partial charge on any atom is -0.481 e. The van der Waals surface area contributed by atoms with Crippen LogP contribution < -0.4 is 0 Å². The Kier molecular flexibility index (Phi) is 3.87. The highest BCUT2D eigenvalue weighted by Crippen LogP contribution is 2.02. The predicted molar refractivity (Wildman–Crippen MR) is 37.6 cm³/mol. The van der Waals surface area contributed by atoms with Gasteiger partial charge in [-0.05, 0) is 0 Å². The van der Waals surface area contributed by atoms with Gasteiger partial charge in [0.2, 0.25) is 5.70 Å². The van der Waals surface area contributed by atoms with E-state index >= 15 is 0 Å². The van der Waals surface area contributed by atoms with Gasteiger partial charge in [-0.2, -0.15) is 0 Å². The maximum Gasteiger partial charge on any atom is 0.307 e. The molecule has 5 nitrogen and oxygen atoms in total. The first kappa shape index (κ1) is 9.61. The van der Waals surface area contributed by atoms with Crippen LogP contribution in [0, 0.1) is 10.1 Å². The Labute approximate surface area is 63.5 Å². The van der Waals surface area contributed by atoms with E-state index in [9.17, 15) is 14.9 Å². The molecule has 0 spiro atoms. The predicted octanol–water partition coefficient (Wildman–Crippen LogP) is 1.03. The van der Waals surface area contributed by atoms with Gasteiger partial charge in [0.25, 0.3) is 0 Å². The highest BCUT2D eigenvalue weighted by atomic mass is 16.6. The lowest BCUT2D eigenvalue weighted by atomic mass is 10.3. The Balaban J connectivity index is 4.13. The highest BCUT2D eigenvalue weighted by Gasteiger charge is 2.06. The van der Waals surface area contributed by atoms with Crippen molar-refractivity contribution in [2.45, 2.75) is 19.8 Å². The molecule has 5 heteroatoms. The number of aliphatic carboxylic acids is 1. The number of hydrogen-bond acceptors (Lipinski definition) is 3. The first-order valence-electron chi connectivity index (χ1n) is 3.13. The van der Waals surface area contributed by atoms with E-state index in [1.165, 1.54) is 0 Å². The second kappa shape index (κ2) is 4.43. The van der Waals surface area contributed by atoms with Crippen LogP contribution in [0.4, 0.5) is 0 Å². The molecule has 1 N–H and O–H groups in total. The first-order chi connectivity index (χ1) is 5.07. The second-order valence-corrected chi connectivity index (χ2v) is 1.90. The molecule has 0 saturated carbocycles. The average molecular weight is 159 g/mol. The third-order valence-electron chi connectivity index (χ3n) is 1.11. The zero-order chi connectivity index (χ0) is 8.85. The van der Waals surface area contributed by atoms with Gasteiger partial charge in [-0.25, -0.2) is 0 Å². The van der Waals surface area contributed by atoms with Crippen molar-refractivity contribution < 1.29 is 14.8 Å². The van der Waals surface area contributed by atoms with Crippen LogP contribution in [-0.4, -0.2) is 16.0 Å². The summed E-state index contributed by atoms with van der Waals surface area (Å²) in [5.74, 6) is -1.06. The zero-order valence-corrected chi connectivity index (χ0v) is 6.11. The first-order valence-corrected chi connectivity index (χ1v) is 3.13. The van der Waals surface area contributed by atoms with Gasteiger partial charge in [-0.3, -0.25) is 14.9 Å². The lowest BCUT2D eigenvalue weighted by Crippen LogP contribution is -1.99. The molecule has 0 fully saturated rings. The molecule has 0 aliphatic heterocycles. The fraction of sp³-hybridized carbons (Fsp3) is 0.500. The molecule has 11 heavy (non-hydrogen) atoms. The van der Waals surface area contributed by atoms with Crippen LogP contribution in [0.1, 0.15) is 19.8 Å². The summed E-state index contributed by atoms with van der Waals surface area (Å²) < 4.78 is 0. The molecular formula is C6H9NO4. The Morgan fingerprint density at radius 1 is 1.73 bits per heavy atom. The van der Waals surface area contributed by atoms with Crippen molar-refractivity contribution >= 4 is 5.97 Å². The summed E-state index contributed by atoms with van der Waals surface area (Å²) in [5.41, 5.74) is -0.0487. The van der Waals surface area contributed by atoms with Gasteiger partial charge in [0.15, 0.2) is 0 Å². The zero-order valence-electron chi connectivity index (χ0n) is 6.11. The summed E-state index contributed by atoms with van der Waals surface area (Å²) in [6.45, 7) is 1.61. The highest BCUT2D eigenvalue weighted by molar-refractivity contribution is 5.68. The van der Waals surface area contributed by atoms with E-state index in [1.807, 2.05) is 0 Å². The van der Waals surface area contributed by atoms with Gasteiger partial charge in [0.05, 0.1) is 11.3 Å². The van der Waals surface area contributed by atoms with Gasteiger partial charge in [0, 0.05) is 12.5 Å². The summed E-state index contributed by atoms with van der Waals surface area (Å²) in [7, 11) is 0. The monoisotopic (exact) mass is 159 g/mol. The van der Waals surface area contributed by atoms with Crippen LogP contribution in [0.5, 0.6) is 0 Å². The van der Waals surface area contributed by atoms with Crippen LogP contribution >= 0.6 is 0 Å². The van der Waals surface area contributed by atoms with E-state index in [1.54, 1.807) is 6.92 Å². The number of carboxylic acids is 1. The Hall–Kier alpha value is -1.39. The number of nitro groups is 1. The molecule has 62 valence electrons. The number of carboxylic acid groups (broad SMARTS) is 1. The molecule has 0 atom stereocenters. The van der Waals surface area contributed by atoms with Gasteiger partial charge in [-0.15, -0.1) is 0 Å². The molecule has 0 aliphatic carbocycles. The van der Waals surface area contributed by atoms with Gasteiger partial charge in [0.1, 0.15) is 0 Å². The van der Waals surface area contributed by atoms with Crippen molar-refractivity contribution in [1.29, 1.82) is 0 Å². The number of nitrogens with zero attached hydrogens (tertiary/aromatic N) is 1. The van der Waals surface area contributed by atoms with Crippen molar-refractivity contribution in [2.75, 3.05) is 0 Å². The molecule has 0 bridgehead atoms. The van der Waals surface area contributed by atoms with Crippen molar-refractivity contribution in [1.82, 2.24) is 0 Å².